The number of amides is 1. The zero-order chi connectivity index (χ0) is 23.3. The van der Waals surface area contributed by atoms with Crippen LogP contribution in [-0.4, -0.2) is 28.6 Å². The molecule has 1 heterocycles. The van der Waals surface area contributed by atoms with Gasteiger partial charge < -0.3 is 10.6 Å². The van der Waals surface area contributed by atoms with Crippen LogP contribution in [0.1, 0.15) is 48.7 Å². The van der Waals surface area contributed by atoms with Gasteiger partial charge in [-0.05, 0) is 82.3 Å². The Balaban J connectivity index is 2.08. The van der Waals surface area contributed by atoms with Crippen molar-refractivity contribution >= 4 is 23.1 Å². The Bertz CT molecular complexity index is 1040. The van der Waals surface area contributed by atoms with Crippen LogP contribution in [0.4, 0.5) is 11.5 Å². The minimum Gasteiger partial charge on any atom is -0.384 e. The number of hydrogen-bond donors (Lipinski definition) is 1. The molecule has 2 rings (SSSR count). The number of carbonyl (C=O) groups excluding carboxylic acids is 1. The minimum atomic E-state index is -0.103. The normalized spacial score (nSPS) is 11.3. The number of pyridine rings is 1. The summed E-state index contributed by atoms with van der Waals surface area (Å²) >= 11 is 0. The van der Waals surface area contributed by atoms with Crippen LogP contribution in [0.25, 0.3) is 0 Å². The van der Waals surface area contributed by atoms with Crippen LogP contribution in [0.5, 0.6) is 0 Å². The van der Waals surface area contributed by atoms with Crippen LogP contribution < -0.4 is 5.73 Å². The van der Waals surface area contributed by atoms with E-state index in [1.807, 2.05) is 52.8 Å². The van der Waals surface area contributed by atoms with Gasteiger partial charge in [0.15, 0.2) is 0 Å². The first-order valence-electron chi connectivity index (χ1n) is 10.4. The minimum absolute atomic E-state index is 0.103. The summed E-state index contributed by atoms with van der Waals surface area (Å²) in [5.74, 6) is 0.393. The zero-order valence-corrected chi connectivity index (χ0v) is 19.8. The molecule has 0 fully saturated rings. The van der Waals surface area contributed by atoms with Crippen molar-refractivity contribution in [3.05, 3.63) is 76.0 Å². The monoisotopic (exact) mass is 418 g/mol. The van der Waals surface area contributed by atoms with Crippen LogP contribution >= 0.6 is 0 Å². The van der Waals surface area contributed by atoms with E-state index < -0.39 is 0 Å². The fourth-order valence-corrected chi connectivity index (χ4v) is 3.61. The van der Waals surface area contributed by atoms with Gasteiger partial charge in [-0.3, -0.25) is 9.79 Å². The summed E-state index contributed by atoms with van der Waals surface area (Å²) in [6.45, 7) is 16.4. The molecule has 0 saturated carbocycles. The Kier molecular flexibility index (Phi) is 7.92. The topological polar surface area (TPSA) is 71.6 Å². The Morgan fingerprint density at radius 3 is 2.42 bits per heavy atom. The summed E-state index contributed by atoms with van der Waals surface area (Å²) in [5.41, 5.74) is 14.6. The van der Waals surface area contributed by atoms with Gasteiger partial charge in [0.2, 0.25) is 0 Å². The second-order valence-corrected chi connectivity index (χ2v) is 8.46. The van der Waals surface area contributed by atoms with E-state index in [2.05, 4.69) is 35.6 Å². The molecule has 0 aliphatic rings. The average molecular weight is 419 g/mol. The van der Waals surface area contributed by atoms with E-state index in [0.717, 1.165) is 45.8 Å². The molecule has 2 aromatic rings. The van der Waals surface area contributed by atoms with E-state index >= 15 is 0 Å². The third-order valence-electron chi connectivity index (χ3n) is 5.10. The van der Waals surface area contributed by atoms with Crippen LogP contribution in [-0.2, 0) is 17.8 Å². The van der Waals surface area contributed by atoms with Crippen LogP contribution in [0.2, 0.25) is 0 Å². The van der Waals surface area contributed by atoms with Crippen molar-refractivity contribution in [1.29, 1.82) is 0 Å². The fraction of sp³-hybridized carbons (Fsp3) is 0.346. The van der Waals surface area contributed by atoms with Gasteiger partial charge >= 0.3 is 0 Å². The molecule has 1 aromatic heterocycles. The van der Waals surface area contributed by atoms with Crippen LogP contribution in [0, 0.1) is 20.8 Å². The number of anilines is 1. The highest BCUT2D eigenvalue weighted by Crippen LogP contribution is 2.22. The van der Waals surface area contributed by atoms with Gasteiger partial charge in [0.25, 0.3) is 5.91 Å². The lowest BCUT2D eigenvalue weighted by atomic mass is 10.0. The van der Waals surface area contributed by atoms with E-state index in [9.17, 15) is 4.79 Å². The highest BCUT2D eigenvalue weighted by Gasteiger charge is 2.15. The standard InChI is InChI=1S/C26H34N4O/c1-16(2)28-24-10-9-22(13-19(24)5)12-17(3)11-20(6)26(31)30(8)15-23-18(4)14-25(27)29-21(23)7/h9-11,13-14H,6,12,15H2,1-5,7-8H3,(H2,27,29)/b17-11+. The summed E-state index contributed by atoms with van der Waals surface area (Å²) < 4.78 is 0. The lowest BCUT2D eigenvalue weighted by Crippen LogP contribution is -2.27. The number of aliphatic imine (C=N–C) groups is 1. The molecule has 2 N–H and O–H groups in total. The number of nitrogen functional groups attached to an aromatic ring is 1. The smallest absolute Gasteiger partial charge is 0.253 e. The molecule has 0 atom stereocenters. The van der Waals surface area contributed by atoms with Crippen molar-refractivity contribution < 1.29 is 4.79 Å². The summed E-state index contributed by atoms with van der Waals surface area (Å²) in [6, 6.07) is 8.11. The quantitative estimate of drug-likeness (QED) is 0.371. The molecule has 0 aliphatic heterocycles. The molecule has 0 unspecified atom stereocenters. The molecular formula is C26H34N4O. The van der Waals surface area contributed by atoms with E-state index in [0.29, 0.717) is 17.9 Å². The van der Waals surface area contributed by atoms with Crippen LogP contribution in [0.3, 0.4) is 0 Å². The van der Waals surface area contributed by atoms with Gasteiger partial charge in [0, 0.05) is 30.6 Å². The first-order chi connectivity index (χ1) is 14.5. The number of hydrogen-bond acceptors (Lipinski definition) is 4. The van der Waals surface area contributed by atoms with Crippen molar-refractivity contribution in [3.63, 3.8) is 0 Å². The molecule has 5 nitrogen and oxygen atoms in total. The highest BCUT2D eigenvalue weighted by atomic mass is 16.2. The number of rotatable bonds is 7. The largest absolute Gasteiger partial charge is 0.384 e. The van der Waals surface area contributed by atoms with Gasteiger partial charge in [-0.25, -0.2) is 4.98 Å². The van der Waals surface area contributed by atoms with Gasteiger partial charge in [-0.15, -0.1) is 0 Å². The molecule has 0 aliphatic carbocycles. The second kappa shape index (κ2) is 10.2. The van der Waals surface area contributed by atoms with Crippen molar-refractivity contribution in [2.24, 2.45) is 4.99 Å². The molecule has 0 spiro atoms. The molecule has 5 heteroatoms. The van der Waals surface area contributed by atoms with Crippen molar-refractivity contribution in [1.82, 2.24) is 9.88 Å². The third-order valence-corrected chi connectivity index (χ3v) is 5.10. The number of nitrogens with two attached hydrogens (primary N) is 1. The van der Waals surface area contributed by atoms with Crippen molar-refractivity contribution in [3.8, 4) is 0 Å². The first kappa shape index (κ1) is 24.1. The number of carbonyl (C=O) groups is 1. The molecule has 1 aromatic carbocycles. The number of nitrogens with zero attached hydrogens (tertiary/aromatic N) is 3. The van der Waals surface area contributed by atoms with E-state index in [1.165, 1.54) is 5.56 Å². The molecule has 0 radical (unpaired) electrons. The Morgan fingerprint density at radius 2 is 1.84 bits per heavy atom. The van der Waals surface area contributed by atoms with E-state index in [4.69, 9.17) is 5.73 Å². The van der Waals surface area contributed by atoms with Crippen molar-refractivity contribution in [2.45, 2.75) is 54.5 Å². The van der Waals surface area contributed by atoms with Gasteiger partial charge in [-0.1, -0.05) is 30.4 Å². The van der Waals surface area contributed by atoms with E-state index in [-0.39, 0.29) is 5.91 Å². The molecular weight excluding hydrogens is 384 g/mol. The molecule has 1 amide bonds. The average Bonchev–Trinajstić information content (AvgIpc) is 2.65. The number of benzene rings is 1. The van der Waals surface area contributed by atoms with Gasteiger partial charge in [0.05, 0.1) is 5.69 Å². The Hall–Kier alpha value is -3.21. The maximum Gasteiger partial charge on any atom is 0.253 e. The predicted molar refractivity (Wildman–Crippen MR) is 131 cm³/mol. The zero-order valence-electron chi connectivity index (χ0n) is 19.8. The van der Waals surface area contributed by atoms with Crippen molar-refractivity contribution in [2.75, 3.05) is 12.8 Å². The summed E-state index contributed by atoms with van der Waals surface area (Å²) in [6.07, 6.45) is 2.63. The molecule has 164 valence electrons. The Morgan fingerprint density at radius 1 is 1.16 bits per heavy atom. The lowest BCUT2D eigenvalue weighted by molar-refractivity contribution is -0.126. The molecule has 0 saturated heterocycles. The Labute approximate surface area is 186 Å². The number of allylic oxidation sites excluding steroid dienone is 1. The number of likely N-dealkylation sites (N-methyl/N-ethyl adjacent to an activating group) is 1. The lowest BCUT2D eigenvalue weighted by Gasteiger charge is -2.20. The van der Waals surface area contributed by atoms with E-state index in [1.54, 1.807) is 11.9 Å². The maximum atomic E-state index is 12.8. The number of aromatic nitrogens is 1. The number of aryl methyl sites for hydroxylation is 3. The fourth-order valence-electron chi connectivity index (χ4n) is 3.61. The predicted octanol–water partition coefficient (Wildman–Crippen LogP) is 5.40. The SMILES string of the molecule is C=C(/C=C(\C)Cc1ccc(N=C(C)C)c(C)c1)C(=O)N(C)Cc1c(C)cc(N)nc1C. The first-order valence-corrected chi connectivity index (χ1v) is 10.4. The van der Waals surface area contributed by atoms with Crippen LogP contribution in [0.15, 0.2) is 53.1 Å². The van der Waals surface area contributed by atoms with Gasteiger partial charge in [-0.2, -0.15) is 0 Å². The maximum absolute atomic E-state index is 12.8. The second-order valence-electron chi connectivity index (χ2n) is 8.46. The molecule has 0 bridgehead atoms. The third kappa shape index (κ3) is 6.64. The summed E-state index contributed by atoms with van der Waals surface area (Å²) in [7, 11) is 1.78. The molecule has 31 heavy (non-hydrogen) atoms. The highest BCUT2D eigenvalue weighted by molar-refractivity contribution is 5.95. The summed E-state index contributed by atoms with van der Waals surface area (Å²) in [4.78, 5) is 23.4. The van der Waals surface area contributed by atoms with Gasteiger partial charge in [0.1, 0.15) is 5.82 Å². The summed E-state index contributed by atoms with van der Waals surface area (Å²) in [5, 5.41) is 0.